The molecule has 0 aliphatic carbocycles. The molecule has 1 heteroatoms. The van der Waals surface area contributed by atoms with Gasteiger partial charge in [-0.1, -0.05) is 25.5 Å². The largest absolute Gasteiger partial charge is 0.304 e. The molecule has 10 heavy (non-hydrogen) atoms. The van der Waals surface area contributed by atoms with Gasteiger partial charge in [0.1, 0.15) is 0 Å². The van der Waals surface area contributed by atoms with Gasteiger partial charge in [-0.2, -0.15) is 0 Å². The van der Waals surface area contributed by atoms with E-state index in [1.807, 2.05) is 0 Å². The zero-order valence-corrected chi connectivity index (χ0v) is 7.65. The van der Waals surface area contributed by atoms with E-state index in [0.717, 1.165) is 0 Å². The smallest absolute Gasteiger partial charge is 0.0269 e. The fraction of sp³-hybridized carbons (Fsp3) is 0.667. The standard InChI is InChI=1S/C7H14.C2H5N/c1-4-6-7(3)5-2;1-3-2/h6H,4-5H2,1-3H3;1H2,2H3/b7-6+;. The number of hydrogen-bond donors (Lipinski definition) is 0. The quantitative estimate of drug-likeness (QED) is 0.414. The first kappa shape index (κ1) is 12.1. The van der Waals surface area contributed by atoms with Gasteiger partial charge in [0.2, 0.25) is 0 Å². The Labute approximate surface area is 64.9 Å². The van der Waals surface area contributed by atoms with E-state index in [0.29, 0.717) is 0 Å². The van der Waals surface area contributed by atoms with Crippen molar-refractivity contribution >= 4 is 6.72 Å². The molecule has 0 aliphatic rings. The number of hydrogen-bond acceptors (Lipinski definition) is 1. The highest BCUT2D eigenvalue weighted by Gasteiger charge is 1.76. The van der Waals surface area contributed by atoms with Crippen LogP contribution in [0.4, 0.5) is 0 Å². The lowest BCUT2D eigenvalue weighted by atomic mass is 10.2. The Balaban J connectivity index is 0. The molecule has 0 atom stereocenters. The minimum atomic E-state index is 1.18. The van der Waals surface area contributed by atoms with Crippen molar-refractivity contribution in [2.75, 3.05) is 7.05 Å². The number of aliphatic imine (C=N–C) groups is 1. The Bertz CT molecular complexity index is 92.9. The lowest BCUT2D eigenvalue weighted by molar-refractivity contribution is 1.06. The second kappa shape index (κ2) is 11.2. The first-order valence-corrected chi connectivity index (χ1v) is 3.73. The normalized spacial score (nSPS) is 9.80. The minimum absolute atomic E-state index is 1.18. The summed E-state index contributed by atoms with van der Waals surface area (Å²) >= 11 is 0. The SMILES string of the molecule is C=NC.CC/C=C(\C)CC. The first-order chi connectivity index (χ1) is 4.72. The lowest BCUT2D eigenvalue weighted by Crippen LogP contribution is -1.67. The first-order valence-electron chi connectivity index (χ1n) is 3.73. The molecule has 0 saturated heterocycles. The van der Waals surface area contributed by atoms with Crippen molar-refractivity contribution in [3.05, 3.63) is 11.6 Å². The van der Waals surface area contributed by atoms with Crippen LogP contribution >= 0.6 is 0 Å². The molecule has 1 nitrogen and oxygen atoms in total. The summed E-state index contributed by atoms with van der Waals surface area (Å²) in [6.45, 7) is 9.63. The second-order valence-corrected chi connectivity index (χ2v) is 2.13. The third kappa shape index (κ3) is 15.7. The van der Waals surface area contributed by atoms with Crippen LogP contribution in [0.1, 0.15) is 33.6 Å². The Hall–Kier alpha value is -0.590. The van der Waals surface area contributed by atoms with Crippen molar-refractivity contribution in [3.63, 3.8) is 0 Å². The van der Waals surface area contributed by atoms with Crippen LogP contribution in [0.5, 0.6) is 0 Å². The van der Waals surface area contributed by atoms with E-state index in [4.69, 9.17) is 0 Å². The van der Waals surface area contributed by atoms with Crippen LogP contribution in [0.3, 0.4) is 0 Å². The summed E-state index contributed by atoms with van der Waals surface area (Å²) in [6, 6.07) is 0. The molecule has 0 heterocycles. The van der Waals surface area contributed by atoms with E-state index in [9.17, 15) is 0 Å². The van der Waals surface area contributed by atoms with E-state index in [2.05, 4.69) is 38.6 Å². The van der Waals surface area contributed by atoms with Gasteiger partial charge in [-0.25, -0.2) is 0 Å². The third-order valence-corrected chi connectivity index (χ3v) is 1.11. The summed E-state index contributed by atoms with van der Waals surface area (Å²) in [5, 5.41) is 0. The minimum Gasteiger partial charge on any atom is -0.304 e. The number of allylic oxidation sites excluding steroid dienone is 2. The summed E-state index contributed by atoms with van der Waals surface area (Å²) in [5.41, 5.74) is 1.50. The molecule has 60 valence electrons. The topological polar surface area (TPSA) is 12.4 Å². The second-order valence-electron chi connectivity index (χ2n) is 2.13. The maximum Gasteiger partial charge on any atom is 0.0269 e. The molecular weight excluding hydrogens is 122 g/mol. The highest BCUT2D eigenvalue weighted by atomic mass is 14.6. The molecule has 0 spiro atoms. The van der Waals surface area contributed by atoms with Gasteiger partial charge in [-0.15, -0.1) is 0 Å². The summed E-state index contributed by atoms with van der Waals surface area (Å²) in [7, 11) is 1.64. The molecule has 0 bridgehead atoms. The predicted octanol–water partition coefficient (Wildman–Crippen LogP) is 3.07. The molecule has 0 fully saturated rings. The van der Waals surface area contributed by atoms with Gasteiger partial charge in [0.25, 0.3) is 0 Å². The Morgan fingerprint density at radius 2 is 1.90 bits per heavy atom. The average Bonchev–Trinajstić information content (AvgIpc) is 1.90. The van der Waals surface area contributed by atoms with E-state index >= 15 is 0 Å². The molecule has 0 saturated carbocycles. The van der Waals surface area contributed by atoms with E-state index in [-0.39, 0.29) is 0 Å². The molecule has 0 N–H and O–H groups in total. The Morgan fingerprint density at radius 1 is 1.50 bits per heavy atom. The highest BCUT2D eigenvalue weighted by molar-refractivity contribution is 5.22. The van der Waals surface area contributed by atoms with Crippen LogP contribution in [-0.2, 0) is 0 Å². The third-order valence-electron chi connectivity index (χ3n) is 1.11. The maximum absolute atomic E-state index is 3.25. The molecular formula is C9H19N. The summed E-state index contributed by atoms with van der Waals surface area (Å²) < 4.78 is 0. The van der Waals surface area contributed by atoms with Crippen molar-refractivity contribution in [2.24, 2.45) is 4.99 Å². The summed E-state index contributed by atoms with van der Waals surface area (Å²) in [6.07, 6.45) is 4.65. The zero-order valence-electron chi connectivity index (χ0n) is 7.65. The van der Waals surface area contributed by atoms with Gasteiger partial charge in [0.05, 0.1) is 0 Å². The van der Waals surface area contributed by atoms with Crippen molar-refractivity contribution in [1.82, 2.24) is 0 Å². The molecule has 0 rings (SSSR count). The van der Waals surface area contributed by atoms with Crippen LogP contribution in [0, 0.1) is 0 Å². The van der Waals surface area contributed by atoms with Crippen molar-refractivity contribution in [3.8, 4) is 0 Å². The predicted molar refractivity (Wildman–Crippen MR) is 49.8 cm³/mol. The fourth-order valence-electron chi connectivity index (χ4n) is 0.493. The van der Waals surface area contributed by atoms with E-state index in [1.54, 1.807) is 7.05 Å². The van der Waals surface area contributed by atoms with Crippen LogP contribution in [0.2, 0.25) is 0 Å². The molecule has 0 aromatic carbocycles. The molecule has 0 unspecified atom stereocenters. The van der Waals surface area contributed by atoms with Crippen LogP contribution in [0.15, 0.2) is 16.6 Å². The number of rotatable bonds is 2. The van der Waals surface area contributed by atoms with E-state index in [1.165, 1.54) is 18.4 Å². The number of nitrogens with zero attached hydrogens (tertiary/aromatic N) is 1. The van der Waals surface area contributed by atoms with Gasteiger partial charge in [0.15, 0.2) is 0 Å². The van der Waals surface area contributed by atoms with Crippen LogP contribution in [0.25, 0.3) is 0 Å². The Kier molecular flexibility index (Phi) is 13.6. The monoisotopic (exact) mass is 141 g/mol. The fourth-order valence-corrected chi connectivity index (χ4v) is 0.493. The zero-order chi connectivity index (χ0) is 8.41. The summed E-state index contributed by atoms with van der Waals surface area (Å²) in [5.74, 6) is 0. The molecule has 0 radical (unpaired) electrons. The maximum atomic E-state index is 3.25. The van der Waals surface area contributed by atoms with Gasteiger partial charge < -0.3 is 4.99 Å². The molecule has 0 aromatic heterocycles. The van der Waals surface area contributed by atoms with Gasteiger partial charge >= 0.3 is 0 Å². The van der Waals surface area contributed by atoms with Crippen molar-refractivity contribution in [2.45, 2.75) is 33.6 Å². The average molecular weight is 141 g/mol. The molecule has 0 aromatic rings. The highest BCUT2D eigenvalue weighted by Crippen LogP contribution is 1.97. The Morgan fingerprint density at radius 3 is 2.00 bits per heavy atom. The van der Waals surface area contributed by atoms with E-state index < -0.39 is 0 Å². The van der Waals surface area contributed by atoms with Gasteiger partial charge in [0, 0.05) is 7.05 Å². The van der Waals surface area contributed by atoms with Gasteiger partial charge in [-0.05, 0) is 26.5 Å². The van der Waals surface area contributed by atoms with Crippen LogP contribution < -0.4 is 0 Å². The van der Waals surface area contributed by atoms with Crippen LogP contribution in [-0.4, -0.2) is 13.8 Å². The van der Waals surface area contributed by atoms with Crippen molar-refractivity contribution in [1.29, 1.82) is 0 Å². The molecule has 0 aliphatic heterocycles. The summed E-state index contributed by atoms with van der Waals surface area (Å²) in [4.78, 5) is 3.25. The van der Waals surface area contributed by atoms with Crippen molar-refractivity contribution < 1.29 is 0 Å². The molecule has 0 amide bonds. The lowest BCUT2D eigenvalue weighted by Gasteiger charge is -1.88. The van der Waals surface area contributed by atoms with Gasteiger partial charge in [-0.3, -0.25) is 0 Å².